The van der Waals surface area contributed by atoms with Crippen LogP contribution in [0.15, 0.2) is 0 Å². The van der Waals surface area contributed by atoms with Gasteiger partial charge in [0.15, 0.2) is 0 Å². The van der Waals surface area contributed by atoms with Crippen molar-refractivity contribution in [3.63, 3.8) is 0 Å². The maximum Gasteiger partial charge on any atom is 0.131 e. The molecule has 0 bridgehead atoms. The summed E-state index contributed by atoms with van der Waals surface area (Å²) in [6.07, 6.45) is -1.58. The van der Waals surface area contributed by atoms with Crippen molar-refractivity contribution in [1.82, 2.24) is 6.15 Å². The Morgan fingerprint density at radius 1 is 1.67 bits per heavy atom. The molecule has 0 aromatic heterocycles. The fourth-order valence-electron chi connectivity index (χ4n) is 0. The predicted octanol–water partition coefficient (Wildman–Crippen LogP) is -1.72. The Morgan fingerprint density at radius 3 is 1.67 bits per heavy atom. The van der Waals surface area contributed by atoms with E-state index in [0.717, 1.165) is 0 Å². The van der Waals surface area contributed by atoms with Gasteiger partial charge < -0.3 is 21.8 Å². The zero-order chi connectivity index (χ0) is 3.58. The maximum absolute atomic E-state index is 8.67. The molecule has 36 valence electrons. The summed E-state index contributed by atoms with van der Waals surface area (Å²) < 4.78 is 0. The van der Waals surface area contributed by atoms with Crippen LogP contribution in [0.3, 0.4) is 0 Å². The molecule has 0 rings (SSSR count). The van der Waals surface area contributed by atoms with E-state index >= 15 is 0 Å². The summed E-state index contributed by atoms with van der Waals surface area (Å²) >= 11 is 0. The summed E-state index contributed by atoms with van der Waals surface area (Å²) in [7, 11) is 0. The number of carbonyl (C=O) groups excluding carboxylic acids is 1. The number of carbonyl (C=O) groups is 1. The van der Waals surface area contributed by atoms with Crippen molar-refractivity contribution in [2.24, 2.45) is 5.73 Å². The maximum atomic E-state index is 8.67. The van der Waals surface area contributed by atoms with Gasteiger partial charge in [0.1, 0.15) is 6.09 Å². The summed E-state index contributed by atoms with van der Waals surface area (Å²) in [6, 6.07) is 0. The van der Waals surface area contributed by atoms with Crippen LogP contribution in [0.2, 0.25) is 0 Å². The van der Waals surface area contributed by atoms with Crippen molar-refractivity contribution in [3.8, 4) is 0 Å². The van der Waals surface area contributed by atoms with Crippen molar-refractivity contribution in [2.75, 3.05) is 0 Å². The predicted molar refractivity (Wildman–Crippen MR) is 21.3 cm³/mol. The standard InChI is InChI=1S/CH3NO2.H3N.Sn/c2-1(3)4;;/h2H2,(H,3,4);1H3;. The van der Waals surface area contributed by atoms with Crippen molar-refractivity contribution in [1.29, 1.82) is 0 Å². The Morgan fingerprint density at radius 2 is 1.67 bits per heavy atom. The third-order valence-corrected chi connectivity index (χ3v) is 0. The zero-order valence-corrected chi connectivity index (χ0v) is 6.25. The van der Waals surface area contributed by atoms with E-state index in [1.165, 1.54) is 0 Å². The second-order valence-corrected chi connectivity index (χ2v) is 0.319. The Labute approximate surface area is 52.2 Å². The number of nitrogens with two attached hydrogens (primary N) is 1. The molecule has 0 aliphatic rings. The molecule has 6 N–H and O–H groups in total. The molecule has 6 heavy (non-hydrogen) atoms. The second-order valence-electron chi connectivity index (χ2n) is 0.319. The van der Waals surface area contributed by atoms with Crippen molar-refractivity contribution < 1.29 is 9.90 Å². The molecular formula is CH6N2O2Sn. The van der Waals surface area contributed by atoms with Crippen LogP contribution in [-0.2, 0) is 0 Å². The Balaban J connectivity index is -0.0000000450. The van der Waals surface area contributed by atoms with Gasteiger partial charge in [-0.1, -0.05) is 0 Å². The summed E-state index contributed by atoms with van der Waals surface area (Å²) in [4.78, 5) is 8.67. The molecule has 0 aliphatic carbocycles. The second kappa shape index (κ2) is 8.90. The number of primary amides is 1. The molecule has 0 aliphatic heterocycles. The molecule has 0 spiro atoms. The number of hydrogen-bond donors (Lipinski definition) is 2. The van der Waals surface area contributed by atoms with Crippen LogP contribution in [0.5, 0.6) is 0 Å². The minimum Gasteiger partial charge on any atom is -0.530 e. The molecule has 1 amide bonds. The number of rotatable bonds is 0. The van der Waals surface area contributed by atoms with Gasteiger partial charge in [-0.2, -0.15) is 0 Å². The first-order valence-corrected chi connectivity index (χ1v) is 0.697. The summed E-state index contributed by atoms with van der Waals surface area (Å²) in [5.41, 5.74) is 3.92. The first kappa shape index (κ1) is 16.6. The molecule has 0 unspecified atom stereocenters. The monoisotopic (exact) mass is 198 g/mol. The number of quaternary nitrogens is 1. The van der Waals surface area contributed by atoms with E-state index in [4.69, 9.17) is 9.90 Å². The Kier molecular flexibility index (Phi) is 24.6. The first-order chi connectivity index (χ1) is 1.73. The minimum absolute atomic E-state index is 0. The Hall–Kier alpha value is 0.0287. The van der Waals surface area contributed by atoms with Crippen LogP contribution in [0.4, 0.5) is 4.79 Å². The van der Waals surface area contributed by atoms with Gasteiger partial charge in [0.2, 0.25) is 0 Å². The van der Waals surface area contributed by atoms with E-state index in [9.17, 15) is 0 Å². The minimum atomic E-state index is -1.58. The fraction of sp³-hybridized carbons (Fsp3) is 0. The zero-order valence-electron chi connectivity index (χ0n) is 3.39. The average Bonchev–Trinajstić information content (AvgIpc) is 0.811. The van der Waals surface area contributed by atoms with Gasteiger partial charge in [-0.25, -0.2) is 0 Å². The van der Waals surface area contributed by atoms with Gasteiger partial charge in [-0.3, -0.25) is 0 Å². The summed E-state index contributed by atoms with van der Waals surface area (Å²) in [5, 5.41) is 8.67. The molecule has 0 atom stereocenters. The van der Waals surface area contributed by atoms with Gasteiger partial charge in [-0.05, 0) is 0 Å². The van der Waals surface area contributed by atoms with Gasteiger partial charge in [0.25, 0.3) is 0 Å². The Bertz CT molecular complexity index is 34.5. The van der Waals surface area contributed by atoms with Gasteiger partial charge in [0, 0.05) is 23.9 Å². The normalized spacial score (nSPS) is 4.00. The molecule has 5 heteroatoms. The van der Waals surface area contributed by atoms with Crippen LogP contribution in [0.25, 0.3) is 0 Å². The van der Waals surface area contributed by atoms with Crippen molar-refractivity contribution >= 4 is 30.0 Å². The molecule has 0 fully saturated rings. The van der Waals surface area contributed by atoms with E-state index in [1.807, 2.05) is 0 Å². The largest absolute Gasteiger partial charge is 0.530 e. The third kappa shape index (κ3) is 44900. The molecule has 0 saturated heterocycles. The number of amides is 1. The van der Waals surface area contributed by atoms with Crippen LogP contribution >= 0.6 is 0 Å². The SMILES string of the molecule is NC(=O)[O-].[NH4+].[Sn]. The van der Waals surface area contributed by atoms with Gasteiger partial charge >= 0.3 is 0 Å². The number of carboxylic acid groups (broad SMARTS) is 1. The van der Waals surface area contributed by atoms with E-state index in [2.05, 4.69) is 5.73 Å². The van der Waals surface area contributed by atoms with E-state index < -0.39 is 6.09 Å². The summed E-state index contributed by atoms with van der Waals surface area (Å²) in [5.74, 6) is 0. The molecule has 4 nitrogen and oxygen atoms in total. The number of hydrogen-bond acceptors (Lipinski definition) is 2. The molecule has 0 heterocycles. The van der Waals surface area contributed by atoms with E-state index in [0.29, 0.717) is 0 Å². The smallest absolute Gasteiger partial charge is 0.131 e. The van der Waals surface area contributed by atoms with Crippen LogP contribution < -0.4 is 17.0 Å². The molecule has 0 saturated carbocycles. The fourth-order valence-corrected chi connectivity index (χ4v) is 0. The van der Waals surface area contributed by atoms with Crippen LogP contribution in [0, 0.1) is 0 Å². The van der Waals surface area contributed by atoms with Crippen molar-refractivity contribution in [2.45, 2.75) is 0 Å². The first-order valence-electron chi connectivity index (χ1n) is 0.697. The molecule has 0 aromatic rings. The summed E-state index contributed by atoms with van der Waals surface area (Å²) in [6.45, 7) is 0. The van der Waals surface area contributed by atoms with Gasteiger partial charge in [0.05, 0.1) is 0 Å². The molecular weight excluding hydrogens is 191 g/mol. The third-order valence-electron chi connectivity index (χ3n) is 0. The van der Waals surface area contributed by atoms with E-state index in [-0.39, 0.29) is 30.1 Å². The molecule has 0 aromatic carbocycles. The van der Waals surface area contributed by atoms with Crippen molar-refractivity contribution in [3.05, 3.63) is 0 Å². The van der Waals surface area contributed by atoms with Crippen LogP contribution in [-0.4, -0.2) is 30.0 Å². The van der Waals surface area contributed by atoms with E-state index in [1.54, 1.807) is 0 Å². The molecule has 4 radical (unpaired) electrons. The quantitative estimate of drug-likeness (QED) is 0.451. The topological polar surface area (TPSA) is 103 Å². The average molecular weight is 197 g/mol. The van der Waals surface area contributed by atoms with Crippen LogP contribution in [0.1, 0.15) is 0 Å². The van der Waals surface area contributed by atoms with Gasteiger partial charge in [-0.15, -0.1) is 0 Å².